The highest BCUT2D eigenvalue weighted by Gasteiger charge is 2.37. The SMILES string of the molecule is CCNC(C)c1nnc(C2(CC)CCCC2)s1. The van der Waals surface area contributed by atoms with Crippen molar-refractivity contribution in [3.63, 3.8) is 0 Å². The summed E-state index contributed by atoms with van der Waals surface area (Å²) in [6.07, 6.45) is 6.51. The van der Waals surface area contributed by atoms with Gasteiger partial charge >= 0.3 is 0 Å². The Morgan fingerprint density at radius 2 is 2.00 bits per heavy atom. The number of nitrogens with zero attached hydrogens (tertiary/aromatic N) is 2. The van der Waals surface area contributed by atoms with Crippen molar-refractivity contribution in [3.05, 3.63) is 10.0 Å². The van der Waals surface area contributed by atoms with Crippen LogP contribution in [0.2, 0.25) is 0 Å². The van der Waals surface area contributed by atoms with Gasteiger partial charge in [0.05, 0.1) is 6.04 Å². The van der Waals surface area contributed by atoms with E-state index in [9.17, 15) is 0 Å². The van der Waals surface area contributed by atoms with Crippen LogP contribution in [-0.4, -0.2) is 16.7 Å². The molecular formula is C13H23N3S. The number of hydrogen-bond donors (Lipinski definition) is 1. The van der Waals surface area contributed by atoms with Gasteiger partial charge in [-0.25, -0.2) is 0 Å². The third kappa shape index (κ3) is 2.52. The Kier molecular flexibility index (Phi) is 4.15. The molecular weight excluding hydrogens is 230 g/mol. The van der Waals surface area contributed by atoms with Crippen LogP contribution in [0.3, 0.4) is 0 Å². The van der Waals surface area contributed by atoms with Crippen molar-refractivity contribution in [3.8, 4) is 0 Å². The second-order valence-electron chi connectivity index (χ2n) is 5.07. The lowest BCUT2D eigenvalue weighted by molar-refractivity contribution is 0.419. The van der Waals surface area contributed by atoms with Gasteiger partial charge in [-0.3, -0.25) is 0 Å². The molecule has 1 aromatic rings. The van der Waals surface area contributed by atoms with E-state index in [1.54, 1.807) is 0 Å². The van der Waals surface area contributed by atoms with Crippen LogP contribution < -0.4 is 5.32 Å². The fraction of sp³-hybridized carbons (Fsp3) is 0.846. The highest BCUT2D eigenvalue weighted by Crippen LogP contribution is 2.45. The average molecular weight is 253 g/mol. The van der Waals surface area contributed by atoms with Crippen LogP contribution in [0.1, 0.15) is 68.9 Å². The first-order valence-electron chi connectivity index (χ1n) is 6.79. The second-order valence-corrected chi connectivity index (χ2v) is 6.07. The van der Waals surface area contributed by atoms with E-state index in [1.165, 1.54) is 37.1 Å². The normalized spacial score (nSPS) is 20.6. The summed E-state index contributed by atoms with van der Waals surface area (Å²) in [6, 6.07) is 0.335. The zero-order valence-electron chi connectivity index (χ0n) is 11.1. The van der Waals surface area contributed by atoms with Crippen LogP contribution in [0.4, 0.5) is 0 Å². The Hall–Kier alpha value is -0.480. The predicted octanol–water partition coefficient (Wildman–Crippen LogP) is 3.43. The molecule has 0 amide bonds. The molecule has 0 aliphatic heterocycles. The van der Waals surface area contributed by atoms with E-state index in [0.29, 0.717) is 11.5 Å². The molecule has 1 saturated carbocycles. The van der Waals surface area contributed by atoms with Gasteiger partial charge in [-0.2, -0.15) is 0 Å². The average Bonchev–Trinajstić information content (AvgIpc) is 2.99. The van der Waals surface area contributed by atoms with Crippen molar-refractivity contribution < 1.29 is 0 Å². The van der Waals surface area contributed by atoms with Crippen LogP contribution in [-0.2, 0) is 5.41 Å². The molecule has 0 spiro atoms. The molecule has 4 heteroatoms. The Bertz CT molecular complexity index is 355. The highest BCUT2D eigenvalue weighted by molar-refractivity contribution is 7.11. The predicted molar refractivity (Wildman–Crippen MR) is 72.4 cm³/mol. The zero-order valence-corrected chi connectivity index (χ0v) is 11.9. The smallest absolute Gasteiger partial charge is 0.134 e. The monoisotopic (exact) mass is 253 g/mol. The Morgan fingerprint density at radius 1 is 1.29 bits per heavy atom. The number of aromatic nitrogens is 2. The summed E-state index contributed by atoms with van der Waals surface area (Å²) in [5.74, 6) is 0. The summed E-state index contributed by atoms with van der Waals surface area (Å²) < 4.78 is 0. The third-order valence-corrected chi connectivity index (χ3v) is 5.36. The molecule has 0 aromatic carbocycles. The number of rotatable bonds is 5. The lowest BCUT2D eigenvalue weighted by Crippen LogP contribution is -2.20. The fourth-order valence-corrected chi connectivity index (χ4v) is 3.97. The summed E-state index contributed by atoms with van der Waals surface area (Å²) in [4.78, 5) is 0. The van der Waals surface area contributed by atoms with Crippen LogP contribution >= 0.6 is 11.3 Å². The van der Waals surface area contributed by atoms with E-state index in [4.69, 9.17) is 0 Å². The topological polar surface area (TPSA) is 37.8 Å². The summed E-state index contributed by atoms with van der Waals surface area (Å²) in [7, 11) is 0. The van der Waals surface area contributed by atoms with E-state index in [2.05, 4.69) is 36.3 Å². The lowest BCUT2D eigenvalue weighted by Gasteiger charge is -2.23. The van der Waals surface area contributed by atoms with E-state index < -0.39 is 0 Å². The molecule has 0 radical (unpaired) electrons. The molecule has 1 aliphatic carbocycles. The second kappa shape index (κ2) is 5.44. The molecule has 1 N–H and O–H groups in total. The molecule has 0 saturated heterocycles. The van der Waals surface area contributed by atoms with Crippen molar-refractivity contribution in [1.29, 1.82) is 0 Å². The van der Waals surface area contributed by atoms with Gasteiger partial charge < -0.3 is 5.32 Å². The first kappa shape index (κ1) is 13.0. The van der Waals surface area contributed by atoms with Gasteiger partial charge in [0.1, 0.15) is 10.0 Å². The van der Waals surface area contributed by atoms with Crippen molar-refractivity contribution in [2.75, 3.05) is 6.54 Å². The van der Waals surface area contributed by atoms with E-state index in [-0.39, 0.29) is 0 Å². The quantitative estimate of drug-likeness (QED) is 0.873. The van der Waals surface area contributed by atoms with Crippen LogP contribution in [0.15, 0.2) is 0 Å². The molecule has 1 aliphatic rings. The van der Waals surface area contributed by atoms with Crippen molar-refractivity contribution in [2.24, 2.45) is 0 Å². The Labute approximate surface area is 108 Å². The van der Waals surface area contributed by atoms with Gasteiger partial charge in [0.2, 0.25) is 0 Å². The largest absolute Gasteiger partial charge is 0.308 e. The molecule has 1 unspecified atom stereocenters. The summed E-state index contributed by atoms with van der Waals surface area (Å²) in [5, 5.41) is 14.7. The van der Waals surface area contributed by atoms with Crippen molar-refractivity contribution in [1.82, 2.24) is 15.5 Å². The molecule has 2 rings (SSSR count). The van der Waals surface area contributed by atoms with Gasteiger partial charge in [0, 0.05) is 5.41 Å². The van der Waals surface area contributed by atoms with Gasteiger partial charge in [0.25, 0.3) is 0 Å². The highest BCUT2D eigenvalue weighted by atomic mass is 32.1. The van der Waals surface area contributed by atoms with Gasteiger partial charge in [-0.15, -0.1) is 10.2 Å². The minimum Gasteiger partial charge on any atom is -0.308 e. The third-order valence-electron chi connectivity index (χ3n) is 4.01. The molecule has 96 valence electrons. The molecule has 1 fully saturated rings. The first-order valence-corrected chi connectivity index (χ1v) is 7.61. The van der Waals surface area contributed by atoms with Crippen LogP contribution in [0.25, 0.3) is 0 Å². The standard InChI is InChI=1S/C13H23N3S/c1-4-13(8-6-7-9-13)12-16-15-11(17-12)10(3)14-5-2/h10,14H,4-9H2,1-3H3. The van der Waals surface area contributed by atoms with Crippen LogP contribution in [0, 0.1) is 0 Å². The summed E-state index contributed by atoms with van der Waals surface area (Å²) in [5.41, 5.74) is 0.349. The Morgan fingerprint density at radius 3 is 2.59 bits per heavy atom. The number of nitrogens with one attached hydrogen (secondary N) is 1. The minimum atomic E-state index is 0.335. The van der Waals surface area contributed by atoms with Gasteiger partial charge in [-0.05, 0) is 32.7 Å². The molecule has 17 heavy (non-hydrogen) atoms. The maximum absolute atomic E-state index is 4.47. The molecule has 0 bridgehead atoms. The lowest BCUT2D eigenvalue weighted by atomic mass is 9.84. The van der Waals surface area contributed by atoms with E-state index in [1.807, 2.05) is 11.3 Å². The zero-order chi connectivity index (χ0) is 12.3. The minimum absolute atomic E-state index is 0.335. The summed E-state index contributed by atoms with van der Waals surface area (Å²) in [6.45, 7) is 7.57. The number of hydrogen-bond acceptors (Lipinski definition) is 4. The van der Waals surface area contributed by atoms with Crippen molar-refractivity contribution >= 4 is 11.3 Å². The molecule has 1 atom stereocenters. The van der Waals surface area contributed by atoms with Crippen LogP contribution in [0.5, 0.6) is 0 Å². The molecule has 1 aromatic heterocycles. The summed E-state index contributed by atoms with van der Waals surface area (Å²) >= 11 is 1.82. The maximum atomic E-state index is 4.47. The molecule has 1 heterocycles. The molecule has 3 nitrogen and oxygen atoms in total. The van der Waals surface area contributed by atoms with E-state index in [0.717, 1.165) is 11.6 Å². The maximum Gasteiger partial charge on any atom is 0.134 e. The van der Waals surface area contributed by atoms with Gasteiger partial charge in [-0.1, -0.05) is 38.0 Å². The van der Waals surface area contributed by atoms with E-state index >= 15 is 0 Å². The van der Waals surface area contributed by atoms with Crippen molar-refractivity contribution in [2.45, 2.75) is 64.3 Å². The fourth-order valence-electron chi connectivity index (χ4n) is 2.79. The van der Waals surface area contributed by atoms with Gasteiger partial charge in [0.15, 0.2) is 0 Å². The first-order chi connectivity index (χ1) is 8.22. The Balaban J connectivity index is 2.16.